The van der Waals surface area contributed by atoms with E-state index in [1.54, 1.807) is 74.1 Å². The van der Waals surface area contributed by atoms with E-state index in [2.05, 4.69) is 25.9 Å². The van der Waals surface area contributed by atoms with Crippen LogP contribution in [-0.2, 0) is 9.59 Å². The molecule has 0 radical (unpaired) electrons. The first-order chi connectivity index (χ1) is 23.4. The summed E-state index contributed by atoms with van der Waals surface area (Å²) in [6, 6.07) is 34.5. The minimum atomic E-state index is -0.574. The van der Waals surface area contributed by atoms with Crippen molar-refractivity contribution in [2.75, 3.05) is 17.7 Å². The summed E-state index contributed by atoms with van der Waals surface area (Å²) in [6.45, 7) is 0. The molecule has 238 valence electrons. The highest BCUT2D eigenvalue weighted by molar-refractivity contribution is 8.00. The van der Waals surface area contributed by atoms with Crippen molar-refractivity contribution in [2.45, 2.75) is 10.1 Å². The van der Waals surface area contributed by atoms with Gasteiger partial charge in [0.15, 0.2) is 5.13 Å². The summed E-state index contributed by atoms with van der Waals surface area (Å²) in [5, 5.41) is 8.50. The summed E-state index contributed by atoms with van der Waals surface area (Å²) in [5.41, 5.74) is 3.25. The van der Waals surface area contributed by atoms with Crippen LogP contribution in [-0.4, -0.2) is 34.8 Å². The number of methoxy groups -OCH3 is 1. The number of benzene rings is 4. The van der Waals surface area contributed by atoms with Crippen LogP contribution < -0.4 is 20.7 Å². The predicted molar refractivity (Wildman–Crippen MR) is 191 cm³/mol. The van der Waals surface area contributed by atoms with Crippen molar-refractivity contribution in [2.24, 2.45) is 0 Å². The summed E-state index contributed by atoms with van der Waals surface area (Å²) in [6.07, 6.45) is 4.80. The molecule has 48 heavy (non-hydrogen) atoms. The maximum atomic E-state index is 13.7. The van der Waals surface area contributed by atoms with E-state index in [1.807, 2.05) is 66.7 Å². The van der Waals surface area contributed by atoms with E-state index >= 15 is 0 Å². The van der Waals surface area contributed by atoms with Gasteiger partial charge in [0.05, 0.1) is 17.3 Å². The Bertz CT molecular complexity index is 2070. The average Bonchev–Trinajstić information content (AvgIpc) is 3.53. The largest absolute Gasteiger partial charge is 0.497 e. The van der Waals surface area contributed by atoms with Crippen molar-refractivity contribution in [3.05, 3.63) is 150 Å². The van der Waals surface area contributed by atoms with Crippen molar-refractivity contribution in [3.63, 3.8) is 0 Å². The number of thiazole rings is 1. The smallest absolute Gasteiger partial charge is 0.272 e. The van der Waals surface area contributed by atoms with Crippen molar-refractivity contribution >= 4 is 67.9 Å². The topological polar surface area (TPSA) is 122 Å². The fraction of sp³-hybridized carbons (Fsp3) is 0.0541. The fourth-order valence-electron chi connectivity index (χ4n) is 4.68. The van der Waals surface area contributed by atoms with Gasteiger partial charge in [0.1, 0.15) is 16.7 Å². The quantitative estimate of drug-likeness (QED) is 0.0959. The number of anilines is 2. The molecule has 3 N–H and O–H groups in total. The van der Waals surface area contributed by atoms with Crippen LogP contribution in [0.15, 0.2) is 138 Å². The molecule has 1 atom stereocenters. The first-order valence-electron chi connectivity index (χ1n) is 14.8. The van der Waals surface area contributed by atoms with Crippen molar-refractivity contribution in [3.8, 4) is 5.75 Å². The number of hydrogen-bond acceptors (Lipinski definition) is 8. The molecular formula is C37H29N5O4S2. The molecule has 6 aromatic rings. The van der Waals surface area contributed by atoms with E-state index in [-0.39, 0.29) is 11.6 Å². The van der Waals surface area contributed by atoms with Gasteiger partial charge >= 0.3 is 0 Å². The highest BCUT2D eigenvalue weighted by atomic mass is 32.2. The second kappa shape index (κ2) is 15.2. The lowest BCUT2D eigenvalue weighted by Crippen LogP contribution is -2.30. The van der Waals surface area contributed by atoms with Crippen LogP contribution in [0, 0.1) is 0 Å². The first-order valence-corrected chi connectivity index (χ1v) is 16.5. The summed E-state index contributed by atoms with van der Waals surface area (Å²) < 4.78 is 6.22. The second-order valence-corrected chi connectivity index (χ2v) is 12.6. The van der Waals surface area contributed by atoms with Gasteiger partial charge in [-0.2, -0.15) is 0 Å². The van der Waals surface area contributed by atoms with Gasteiger partial charge in [-0.1, -0.05) is 65.9 Å². The molecule has 9 nitrogen and oxygen atoms in total. The molecule has 0 aliphatic heterocycles. The predicted octanol–water partition coefficient (Wildman–Crippen LogP) is 7.58. The number of nitrogens with zero attached hydrogens (tertiary/aromatic N) is 2. The van der Waals surface area contributed by atoms with Gasteiger partial charge < -0.3 is 20.7 Å². The average molecular weight is 672 g/mol. The lowest BCUT2D eigenvalue weighted by Gasteiger charge is -2.16. The monoisotopic (exact) mass is 671 g/mol. The second-order valence-electron chi connectivity index (χ2n) is 10.4. The molecular weight excluding hydrogens is 643 g/mol. The lowest BCUT2D eigenvalue weighted by atomic mass is 10.1. The standard InChI is InChI=1S/C37H29N5O4S2/c1-46-28-16-19-30-32(22-28)48-37(41-30)42-36(45)33(25-10-4-2-5-11-25)47-29-17-14-27(15-18-29)39-35(44)31(21-24-9-8-20-38-23-24)40-34(43)26-12-6-3-7-13-26/h2-23,33H,1H3,(H,39,44)(H,40,43)(H,41,42,45)/b31-21-. The van der Waals surface area contributed by atoms with E-state index in [1.165, 1.54) is 23.1 Å². The Morgan fingerprint density at radius 2 is 1.60 bits per heavy atom. The molecule has 0 aliphatic carbocycles. The van der Waals surface area contributed by atoms with Crippen molar-refractivity contribution in [1.29, 1.82) is 0 Å². The Balaban J connectivity index is 1.17. The molecule has 1 unspecified atom stereocenters. The molecule has 2 heterocycles. The fourth-order valence-corrected chi connectivity index (χ4v) is 6.60. The van der Waals surface area contributed by atoms with Crippen LogP contribution in [0.25, 0.3) is 16.3 Å². The van der Waals surface area contributed by atoms with Gasteiger partial charge in [0.25, 0.3) is 11.8 Å². The third-order valence-electron chi connectivity index (χ3n) is 7.06. The number of thioether (sulfide) groups is 1. The number of hydrogen-bond donors (Lipinski definition) is 3. The summed E-state index contributed by atoms with van der Waals surface area (Å²) in [5.74, 6) is -0.407. The number of pyridine rings is 1. The first kappa shape index (κ1) is 32.2. The number of amides is 3. The summed E-state index contributed by atoms with van der Waals surface area (Å²) >= 11 is 2.76. The zero-order chi connectivity index (χ0) is 33.3. The van der Waals surface area contributed by atoms with Crippen LogP contribution in [0.2, 0.25) is 0 Å². The summed E-state index contributed by atoms with van der Waals surface area (Å²) in [7, 11) is 1.61. The molecule has 0 aliphatic rings. The number of ether oxygens (including phenoxy) is 1. The van der Waals surface area contributed by atoms with Gasteiger partial charge in [-0.05, 0) is 77.9 Å². The number of fused-ring (bicyclic) bond motifs is 1. The molecule has 0 saturated carbocycles. The third kappa shape index (κ3) is 8.13. The van der Waals surface area contributed by atoms with Crippen LogP contribution >= 0.6 is 23.1 Å². The molecule has 3 amide bonds. The van der Waals surface area contributed by atoms with Gasteiger partial charge in [-0.3, -0.25) is 19.4 Å². The third-order valence-corrected chi connectivity index (χ3v) is 9.26. The molecule has 6 rings (SSSR count). The Morgan fingerprint density at radius 3 is 2.31 bits per heavy atom. The van der Waals surface area contributed by atoms with E-state index in [4.69, 9.17) is 4.74 Å². The highest BCUT2D eigenvalue weighted by Crippen LogP contribution is 2.38. The molecule has 0 fully saturated rings. The Labute approximate surface area is 285 Å². The molecule has 0 spiro atoms. The SMILES string of the molecule is COc1ccc2nc(NC(=O)C(Sc3ccc(NC(=O)/C(=C/c4cccnc4)NC(=O)c4ccccc4)cc3)c3ccccc3)sc2c1. The van der Waals surface area contributed by atoms with Gasteiger partial charge in [0, 0.05) is 28.5 Å². The van der Waals surface area contributed by atoms with Crippen LogP contribution in [0.3, 0.4) is 0 Å². The van der Waals surface area contributed by atoms with E-state index in [0.717, 1.165) is 26.4 Å². The zero-order valence-corrected chi connectivity index (χ0v) is 27.3. The zero-order valence-electron chi connectivity index (χ0n) is 25.6. The number of carbonyl (C=O) groups excluding carboxylic acids is 3. The van der Waals surface area contributed by atoms with Gasteiger partial charge in [-0.25, -0.2) is 4.98 Å². The Kier molecular flexibility index (Phi) is 10.2. The molecule has 11 heteroatoms. The normalized spacial score (nSPS) is 11.8. The molecule has 4 aromatic carbocycles. The van der Waals surface area contributed by atoms with E-state index < -0.39 is 17.1 Å². The number of carbonyl (C=O) groups is 3. The Hall–Kier alpha value is -5.78. The van der Waals surface area contributed by atoms with Crippen molar-refractivity contribution < 1.29 is 19.1 Å². The van der Waals surface area contributed by atoms with Gasteiger partial charge in [-0.15, -0.1) is 11.8 Å². The maximum absolute atomic E-state index is 13.7. The van der Waals surface area contributed by atoms with Crippen LogP contribution in [0.5, 0.6) is 5.75 Å². The maximum Gasteiger partial charge on any atom is 0.272 e. The van der Waals surface area contributed by atoms with E-state index in [0.29, 0.717) is 21.9 Å². The van der Waals surface area contributed by atoms with Crippen molar-refractivity contribution in [1.82, 2.24) is 15.3 Å². The van der Waals surface area contributed by atoms with Crippen LogP contribution in [0.1, 0.15) is 26.7 Å². The molecule has 0 saturated heterocycles. The highest BCUT2D eigenvalue weighted by Gasteiger charge is 2.24. The minimum absolute atomic E-state index is 0.0596. The summed E-state index contributed by atoms with van der Waals surface area (Å²) in [4.78, 5) is 49.5. The number of nitrogens with one attached hydrogen (secondary N) is 3. The minimum Gasteiger partial charge on any atom is -0.497 e. The van der Waals surface area contributed by atoms with Crippen LogP contribution in [0.4, 0.5) is 10.8 Å². The number of rotatable bonds is 11. The number of aromatic nitrogens is 2. The molecule has 0 bridgehead atoms. The van der Waals surface area contributed by atoms with E-state index in [9.17, 15) is 14.4 Å². The Morgan fingerprint density at radius 1 is 0.854 bits per heavy atom. The van der Waals surface area contributed by atoms with Gasteiger partial charge in [0.2, 0.25) is 5.91 Å². The molecule has 2 aromatic heterocycles. The lowest BCUT2D eigenvalue weighted by molar-refractivity contribution is -0.116.